The summed E-state index contributed by atoms with van der Waals surface area (Å²) in [6.07, 6.45) is -2.68. The van der Waals surface area contributed by atoms with Crippen molar-refractivity contribution in [1.82, 2.24) is 0 Å². The first-order chi connectivity index (χ1) is 16.5. The van der Waals surface area contributed by atoms with Crippen molar-refractivity contribution in [2.75, 3.05) is 19.8 Å². The number of aromatic carboxylic acids is 1. The fourth-order valence-electron chi connectivity index (χ4n) is 2.21. The van der Waals surface area contributed by atoms with Crippen molar-refractivity contribution in [2.45, 2.75) is 36.6 Å². The number of ether oxygens (including phenoxy) is 1. The Balaban J connectivity index is 0.000000720. The number of aliphatic hydroxyl groups excluding tert-OH is 4. The number of hydrogen-bond donors (Lipinski definition) is 10. The molecule has 1 aliphatic rings. The van der Waals surface area contributed by atoms with E-state index in [1.165, 1.54) is 22.9 Å². The van der Waals surface area contributed by atoms with Gasteiger partial charge in [0.05, 0.1) is 31.4 Å². The summed E-state index contributed by atoms with van der Waals surface area (Å²) in [5.74, 6) is -3.78. The first-order valence-corrected chi connectivity index (χ1v) is 11.2. The Morgan fingerprint density at radius 1 is 1.08 bits per heavy atom. The average molecular weight is 545 g/mol. The minimum absolute atomic E-state index is 0.164. The van der Waals surface area contributed by atoms with Gasteiger partial charge in [0, 0.05) is 6.07 Å². The quantitative estimate of drug-likeness (QED) is 0.102. The summed E-state index contributed by atoms with van der Waals surface area (Å²) in [6.45, 7) is -1.65. The second kappa shape index (κ2) is 15.5. The summed E-state index contributed by atoms with van der Waals surface area (Å²) in [6, 6.07) is 0.408. The number of carboxylic acid groups (broad SMARTS) is 3. The zero-order chi connectivity index (χ0) is 28.2. The third kappa shape index (κ3) is 11.9. The van der Waals surface area contributed by atoms with Crippen molar-refractivity contribution in [1.29, 1.82) is 0 Å². The predicted molar refractivity (Wildman–Crippen MR) is 110 cm³/mol. The molecule has 1 saturated heterocycles. The van der Waals surface area contributed by atoms with E-state index in [4.69, 9.17) is 46.4 Å². The Morgan fingerprint density at radius 2 is 1.58 bits per heavy atom. The van der Waals surface area contributed by atoms with Crippen LogP contribution >= 0.6 is 7.82 Å². The number of phosphoric ester groups is 1. The van der Waals surface area contributed by atoms with Crippen LogP contribution in [0.5, 0.6) is 0 Å². The van der Waals surface area contributed by atoms with Gasteiger partial charge in [0.15, 0.2) is 18.5 Å². The highest BCUT2D eigenvalue weighted by molar-refractivity contribution is 7.46. The summed E-state index contributed by atoms with van der Waals surface area (Å²) < 4.78 is 21.4. The molecule has 0 saturated carbocycles. The van der Waals surface area contributed by atoms with Gasteiger partial charge < -0.3 is 66.5 Å². The number of aliphatic hydroxyl groups is 4. The molecular formula is C17H28N3O15P. The number of aliphatic carboxylic acids is 2. The summed E-state index contributed by atoms with van der Waals surface area (Å²) in [5.41, 5.74) is 9.37. The van der Waals surface area contributed by atoms with Crippen LogP contribution in [0.3, 0.4) is 0 Å². The molecule has 1 aromatic heterocycles. The van der Waals surface area contributed by atoms with E-state index in [0.717, 1.165) is 6.20 Å². The first kappa shape index (κ1) is 33.4. The largest absolute Gasteiger partial charge is 0.545 e. The molecule has 0 radical (unpaired) electrons. The number of rotatable bonds is 9. The monoisotopic (exact) mass is 545 g/mol. The predicted octanol–water partition coefficient (Wildman–Crippen LogP) is -6.15. The smallest absolute Gasteiger partial charge is 0.469 e. The van der Waals surface area contributed by atoms with Gasteiger partial charge in [0.1, 0.15) is 24.3 Å². The van der Waals surface area contributed by atoms with Crippen LogP contribution in [0.15, 0.2) is 24.5 Å². The molecule has 0 bridgehead atoms. The van der Waals surface area contributed by atoms with E-state index in [9.17, 15) is 34.3 Å². The van der Waals surface area contributed by atoms with Gasteiger partial charge in [-0.1, -0.05) is 0 Å². The van der Waals surface area contributed by atoms with E-state index < -0.39 is 82.2 Å². The van der Waals surface area contributed by atoms with E-state index in [-0.39, 0.29) is 5.56 Å². The molecule has 0 aromatic carbocycles. The molecule has 2 rings (SSSR count). The molecule has 206 valence electrons. The van der Waals surface area contributed by atoms with Gasteiger partial charge in [0.2, 0.25) is 0 Å². The maximum absolute atomic E-state index is 10.8. The second-order valence-corrected chi connectivity index (χ2v) is 8.15. The van der Waals surface area contributed by atoms with Crippen LogP contribution in [0, 0.1) is 0 Å². The molecule has 36 heavy (non-hydrogen) atoms. The molecule has 2 heterocycles. The number of nitrogens with zero attached hydrogens (tertiary/aromatic N) is 1. The van der Waals surface area contributed by atoms with Crippen molar-refractivity contribution < 1.29 is 78.3 Å². The minimum Gasteiger partial charge on any atom is -0.545 e. The van der Waals surface area contributed by atoms with Gasteiger partial charge in [-0.3, -0.25) is 14.1 Å². The molecule has 1 aromatic rings. The number of phosphoric acid groups is 1. The summed E-state index contributed by atoms with van der Waals surface area (Å²) in [5, 5.41) is 62.3. The Kier molecular flexibility index (Phi) is 14.4. The van der Waals surface area contributed by atoms with E-state index in [1.54, 1.807) is 0 Å². The number of nitrogens with two attached hydrogens (primary N) is 2. The Hall–Kier alpha value is -2.61. The maximum atomic E-state index is 10.8. The number of hydrogen-bond acceptors (Lipinski definition) is 13. The third-order valence-electron chi connectivity index (χ3n) is 4.12. The van der Waals surface area contributed by atoms with Crippen LogP contribution in [0.25, 0.3) is 0 Å². The number of carbonyl (C=O) groups is 3. The van der Waals surface area contributed by atoms with Gasteiger partial charge in [-0.2, -0.15) is 4.57 Å². The maximum Gasteiger partial charge on any atom is 0.469 e. The molecule has 12 N–H and O–H groups in total. The molecular weight excluding hydrogens is 517 g/mol. The van der Waals surface area contributed by atoms with E-state index >= 15 is 0 Å². The van der Waals surface area contributed by atoms with Crippen molar-refractivity contribution in [2.24, 2.45) is 11.5 Å². The molecule has 19 heteroatoms. The Bertz CT molecular complexity index is 893. The van der Waals surface area contributed by atoms with Gasteiger partial charge in [-0.15, -0.1) is 0 Å². The van der Waals surface area contributed by atoms with Crippen molar-refractivity contribution >= 4 is 25.7 Å². The fourth-order valence-corrected chi connectivity index (χ4v) is 2.55. The summed E-state index contributed by atoms with van der Waals surface area (Å²) >= 11 is 0. The lowest BCUT2D eigenvalue weighted by atomic mass is 10.1. The van der Waals surface area contributed by atoms with Crippen LogP contribution < -0.4 is 21.1 Å². The number of carboxylic acids is 3. The van der Waals surface area contributed by atoms with Crippen LogP contribution in [0.1, 0.15) is 16.6 Å². The molecule has 18 nitrogen and oxygen atoms in total. The number of aromatic nitrogens is 1. The van der Waals surface area contributed by atoms with E-state index in [2.05, 4.69) is 4.52 Å². The zero-order valence-electron chi connectivity index (χ0n) is 18.4. The molecule has 0 spiro atoms. The molecule has 2 unspecified atom stereocenters. The van der Waals surface area contributed by atoms with Gasteiger partial charge in [0.25, 0.3) is 6.23 Å². The van der Waals surface area contributed by atoms with Crippen molar-refractivity contribution in [3.05, 3.63) is 30.1 Å². The van der Waals surface area contributed by atoms with Gasteiger partial charge in [-0.05, 0) is 6.07 Å². The lowest BCUT2D eigenvalue weighted by Crippen LogP contribution is -2.46. The molecule has 0 amide bonds. The number of pyridine rings is 1. The van der Waals surface area contributed by atoms with Crippen LogP contribution in [0.4, 0.5) is 0 Å². The van der Waals surface area contributed by atoms with E-state index in [1.807, 2.05) is 0 Å². The first-order valence-electron chi connectivity index (χ1n) is 9.68. The van der Waals surface area contributed by atoms with Gasteiger partial charge in [-0.25, -0.2) is 4.57 Å². The normalized spacial score (nSPS) is 22.8. The Morgan fingerprint density at radius 3 is 1.94 bits per heavy atom. The zero-order valence-corrected chi connectivity index (χ0v) is 19.3. The van der Waals surface area contributed by atoms with Crippen LogP contribution in [0.2, 0.25) is 0 Å². The lowest BCUT2D eigenvalue weighted by Gasteiger charge is -2.13. The number of carbonyl (C=O) groups excluding carboxylic acids is 1. The minimum atomic E-state index is -4.74. The highest BCUT2D eigenvalue weighted by Crippen LogP contribution is 2.37. The average Bonchev–Trinajstić information content (AvgIpc) is 3.10. The highest BCUT2D eigenvalue weighted by atomic mass is 31.2. The van der Waals surface area contributed by atoms with Crippen LogP contribution in [-0.4, -0.2) is 109 Å². The topological polar surface area (TPSA) is 328 Å². The fraction of sp³-hybridized carbons (Fsp3) is 0.529. The SMILES string of the molecule is NC(CO)C(=O)O.NC(CO)C(=O)O.O=C([O-])c1ccc[n+]([C@@H]2O[C@H](COP(=O)(O)O)[C@@H](O)[C@H]2O)c1. The lowest BCUT2D eigenvalue weighted by molar-refractivity contribution is -0.765. The molecule has 6 atom stereocenters. The second-order valence-electron chi connectivity index (χ2n) is 6.91. The van der Waals surface area contributed by atoms with Crippen molar-refractivity contribution in [3.63, 3.8) is 0 Å². The summed E-state index contributed by atoms with van der Waals surface area (Å²) in [7, 11) is -4.74. The molecule has 1 aliphatic heterocycles. The van der Waals surface area contributed by atoms with Gasteiger partial charge >= 0.3 is 19.8 Å². The summed E-state index contributed by atoms with van der Waals surface area (Å²) in [4.78, 5) is 47.3. The third-order valence-corrected chi connectivity index (χ3v) is 4.61. The standard InChI is InChI=1S/C11H14NO9P.2C3H7NO3/c13-8-7(5-20-22(17,18)19)21-10(9(8)14)12-3-1-2-6(4-12)11(15)16;2*4-2(1-5)3(6)7/h1-4,7-10,13-14H,5H2,(H2-,15,16,17,18,19);2*2,5H,1,4H2,(H,6,7)/t7-,8-,9-,10-;;/m1../s1. The molecule has 0 aliphatic carbocycles. The van der Waals surface area contributed by atoms with E-state index in [0.29, 0.717) is 0 Å². The highest BCUT2D eigenvalue weighted by Gasteiger charge is 2.48. The van der Waals surface area contributed by atoms with Crippen LogP contribution in [-0.2, 0) is 23.4 Å². The molecule has 1 fully saturated rings. The Labute approximate surface area is 202 Å². The van der Waals surface area contributed by atoms with Crippen molar-refractivity contribution in [3.8, 4) is 0 Å².